The van der Waals surface area contributed by atoms with E-state index in [-0.39, 0.29) is 22.1 Å². The average molecular weight is 512 g/mol. The van der Waals surface area contributed by atoms with Gasteiger partial charge in [0.15, 0.2) is 11.5 Å². The van der Waals surface area contributed by atoms with Crippen LogP contribution in [-0.2, 0) is 31.4 Å². The Morgan fingerprint density at radius 3 is 2.12 bits per heavy atom. The van der Waals surface area contributed by atoms with Crippen molar-refractivity contribution in [3.8, 4) is 11.5 Å². The second-order valence-corrected chi connectivity index (χ2v) is 11.5. The fourth-order valence-corrected chi connectivity index (χ4v) is 6.27. The Labute approximate surface area is 200 Å². The quantitative estimate of drug-likeness (QED) is 0.494. The van der Waals surface area contributed by atoms with Crippen LogP contribution in [-0.4, -0.2) is 60.4 Å². The van der Waals surface area contributed by atoms with Gasteiger partial charge in [-0.1, -0.05) is 12.1 Å². The van der Waals surface area contributed by atoms with Crippen LogP contribution in [0, 0.1) is 0 Å². The normalized spacial score (nSPS) is 15.6. The third kappa shape index (κ3) is 5.87. The van der Waals surface area contributed by atoms with E-state index in [0.717, 1.165) is 12.8 Å². The minimum atomic E-state index is -3.99. The van der Waals surface area contributed by atoms with Crippen LogP contribution in [0.1, 0.15) is 25.3 Å². The van der Waals surface area contributed by atoms with Crippen molar-refractivity contribution in [2.75, 3.05) is 27.3 Å². The van der Waals surface area contributed by atoms with E-state index in [1.165, 1.54) is 55.8 Å². The molecule has 2 aromatic rings. The third-order valence-corrected chi connectivity index (χ3v) is 8.93. The predicted molar refractivity (Wildman–Crippen MR) is 126 cm³/mol. The van der Waals surface area contributed by atoms with Crippen LogP contribution >= 0.6 is 0 Å². The van der Waals surface area contributed by atoms with Crippen molar-refractivity contribution < 1.29 is 31.1 Å². The first-order chi connectivity index (χ1) is 16.1. The van der Waals surface area contributed by atoms with E-state index in [9.17, 15) is 21.6 Å². The summed E-state index contributed by atoms with van der Waals surface area (Å²) < 4.78 is 64.6. The second-order valence-electron chi connectivity index (χ2n) is 7.83. The van der Waals surface area contributed by atoms with Crippen LogP contribution < -0.4 is 19.5 Å². The fraction of sp³-hybridized carbons (Fsp3) is 0.409. The molecule has 2 aromatic carbocycles. The van der Waals surface area contributed by atoms with Crippen LogP contribution in [0.5, 0.6) is 11.5 Å². The van der Waals surface area contributed by atoms with Gasteiger partial charge in [-0.15, -0.1) is 0 Å². The van der Waals surface area contributed by atoms with Gasteiger partial charge in [0, 0.05) is 25.7 Å². The first-order valence-electron chi connectivity index (χ1n) is 10.7. The van der Waals surface area contributed by atoms with Crippen molar-refractivity contribution in [1.29, 1.82) is 0 Å². The molecule has 1 atom stereocenters. The Morgan fingerprint density at radius 2 is 1.53 bits per heavy atom. The molecule has 0 spiro atoms. The molecule has 0 saturated carbocycles. The molecular weight excluding hydrogens is 482 g/mol. The molecule has 0 bridgehead atoms. The number of hydrogen-bond acceptors (Lipinski definition) is 7. The van der Waals surface area contributed by atoms with Crippen molar-refractivity contribution in [3.63, 3.8) is 0 Å². The summed E-state index contributed by atoms with van der Waals surface area (Å²) in [7, 11) is -4.66. The Morgan fingerprint density at radius 1 is 0.941 bits per heavy atom. The van der Waals surface area contributed by atoms with Crippen molar-refractivity contribution in [2.45, 2.75) is 42.1 Å². The summed E-state index contributed by atoms with van der Waals surface area (Å²) >= 11 is 0. The maximum absolute atomic E-state index is 12.7. The van der Waals surface area contributed by atoms with Crippen LogP contribution in [0.25, 0.3) is 0 Å². The zero-order valence-corrected chi connectivity index (χ0v) is 20.9. The zero-order chi connectivity index (χ0) is 24.9. The monoisotopic (exact) mass is 511 g/mol. The molecule has 1 heterocycles. The maximum Gasteiger partial charge on any atom is 0.243 e. The number of nitrogens with one attached hydrogen (secondary N) is 2. The number of sulfonamides is 2. The van der Waals surface area contributed by atoms with Crippen LogP contribution in [0.4, 0.5) is 0 Å². The van der Waals surface area contributed by atoms with E-state index in [2.05, 4.69) is 10.0 Å². The summed E-state index contributed by atoms with van der Waals surface area (Å²) in [6.07, 6.45) is 1.72. The van der Waals surface area contributed by atoms with Gasteiger partial charge in [0.1, 0.15) is 0 Å². The van der Waals surface area contributed by atoms with E-state index in [1.807, 2.05) is 0 Å². The fourth-order valence-electron chi connectivity index (χ4n) is 3.54. The molecule has 186 valence electrons. The summed E-state index contributed by atoms with van der Waals surface area (Å²) in [4.78, 5) is 12.6. The van der Waals surface area contributed by atoms with Crippen molar-refractivity contribution in [1.82, 2.24) is 14.3 Å². The molecule has 12 heteroatoms. The van der Waals surface area contributed by atoms with Gasteiger partial charge in [-0.25, -0.2) is 16.8 Å². The maximum atomic E-state index is 12.7. The van der Waals surface area contributed by atoms with Gasteiger partial charge in [0.05, 0.1) is 30.1 Å². The molecule has 2 N–H and O–H groups in total. The van der Waals surface area contributed by atoms with E-state index in [1.54, 1.807) is 12.1 Å². The van der Waals surface area contributed by atoms with Gasteiger partial charge >= 0.3 is 0 Å². The first kappa shape index (κ1) is 25.9. The molecule has 0 radical (unpaired) electrons. The van der Waals surface area contributed by atoms with Gasteiger partial charge < -0.3 is 14.8 Å². The number of nitrogens with zero attached hydrogens (tertiary/aromatic N) is 1. The summed E-state index contributed by atoms with van der Waals surface area (Å²) in [6.45, 7) is 2.60. The van der Waals surface area contributed by atoms with E-state index < -0.39 is 32.0 Å². The third-order valence-electron chi connectivity index (χ3n) is 5.48. The standard InChI is InChI=1S/C22H29N3O7S2/c1-16(24-33(27,28)19-10-11-20(31-2)21(14-19)32-3)22(26)23-15-17-6-8-18(9-7-17)34(29,30)25-12-4-5-13-25/h6-11,14,16,24H,4-5,12-13,15H2,1-3H3,(H,23,26)/t16-/m1/s1. The van der Waals surface area contributed by atoms with Crippen molar-refractivity contribution in [3.05, 3.63) is 48.0 Å². The molecule has 0 aliphatic carbocycles. The van der Waals surface area contributed by atoms with E-state index in [0.29, 0.717) is 24.4 Å². The number of benzene rings is 2. The molecule has 34 heavy (non-hydrogen) atoms. The Hall–Kier alpha value is -2.67. The Bertz CT molecular complexity index is 1220. The van der Waals surface area contributed by atoms with Crippen LogP contribution in [0.15, 0.2) is 52.3 Å². The average Bonchev–Trinajstić information content (AvgIpc) is 3.38. The van der Waals surface area contributed by atoms with Gasteiger partial charge in [-0.3, -0.25) is 4.79 Å². The zero-order valence-electron chi connectivity index (χ0n) is 19.3. The smallest absolute Gasteiger partial charge is 0.243 e. The molecule has 1 aliphatic rings. The molecule has 10 nitrogen and oxygen atoms in total. The molecular formula is C22H29N3O7S2. The summed E-state index contributed by atoms with van der Waals surface area (Å²) in [5.74, 6) is 0.0991. The van der Waals surface area contributed by atoms with Crippen LogP contribution in [0.2, 0.25) is 0 Å². The molecule has 1 fully saturated rings. The lowest BCUT2D eigenvalue weighted by atomic mass is 10.2. The van der Waals surface area contributed by atoms with Crippen molar-refractivity contribution >= 4 is 26.0 Å². The molecule has 1 saturated heterocycles. The topological polar surface area (TPSA) is 131 Å². The van der Waals surface area contributed by atoms with Crippen molar-refractivity contribution in [2.24, 2.45) is 0 Å². The largest absolute Gasteiger partial charge is 0.493 e. The lowest BCUT2D eigenvalue weighted by Crippen LogP contribution is -2.44. The van der Waals surface area contributed by atoms with Gasteiger partial charge in [0.2, 0.25) is 26.0 Å². The SMILES string of the molecule is COc1ccc(S(=O)(=O)N[C@H](C)C(=O)NCc2ccc(S(=O)(=O)N3CCCC3)cc2)cc1OC. The number of rotatable bonds is 10. The Kier molecular flexibility index (Phi) is 8.18. The highest BCUT2D eigenvalue weighted by Gasteiger charge is 2.27. The number of carbonyl (C=O) groups excluding carboxylic acids is 1. The molecule has 1 aliphatic heterocycles. The minimum Gasteiger partial charge on any atom is -0.493 e. The Balaban J connectivity index is 1.59. The number of ether oxygens (including phenoxy) is 2. The first-order valence-corrected chi connectivity index (χ1v) is 13.6. The second kappa shape index (κ2) is 10.7. The lowest BCUT2D eigenvalue weighted by molar-refractivity contribution is -0.122. The van der Waals surface area contributed by atoms with Gasteiger partial charge in [-0.05, 0) is 49.6 Å². The van der Waals surface area contributed by atoms with Gasteiger partial charge in [-0.2, -0.15) is 9.03 Å². The predicted octanol–water partition coefficient (Wildman–Crippen LogP) is 1.47. The molecule has 3 rings (SSSR count). The molecule has 0 aromatic heterocycles. The van der Waals surface area contributed by atoms with Crippen LogP contribution in [0.3, 0.4) is 0 Å². The molecule has 1 amide bonds. The number of amides is 1. The lowest BCUT2D eigenvalue weighted by Gasteiger charge is -2.16. The number of methoxy groups -OCH3 is 2. The van der Waals surface area contributed by atoms with E-state index >= 15 is 0 Å². The summed E-state index contributed by atoms with van der Waals surface area (Å²) in [5, 5.41) is 2.66. The summed E-state index contributed by atoms with van der Waals surface area (Å²) in [6, 6.07) is 9.36. The highest BCUT2D eigenvalue weighted by molar-refractivity contribution is 7.89. The number of hydrogen-bond donors (Lipinski definition) is 2. The van der Waals surface area contributed by atoms with E-state index in [4.69, 9.17) is 9.47 Å². The highest BCUT2D eigenvalue weighted by atomic mass is 32.2. The summed E-state index contributed by atoms with van der Waals surface area (Å²) in [5.41, 5.74) is 0.684. The highest BCUT2D eigenvalue weighted by Crippen LogP contribution is 2.29. The molecule has 0 unspecified atom stereocenters. The van der Waals surface area contributed by atoms with Gasteiger partial charge in [0.25, 0.3) is 0 Å². The number of carbonyl (C=O) groups is 1. The minimum absolute atomic E-state index is 0.0698.